The van der Waals surface area contributed by atoms with Crippen molar-refractivity contribution in [2.24, 2.45) is 0 Å². The summed E-state index contributed by atoms with van der Waals surface area (Å²) in [7, 11) is -5.58. The van der Waals surface area contributed by atoms with E-state index in [4.69, 9.17) is 4.74 Å². The number of benzene rings is 2. The molecule has 0 atom stereocenters. The van der Waals surface area contributed by atoms with Crippen molar-refractivity contribution in [3.05, 3.63) is 78.6 Å². The summed E-state index contributed by atoms with van der Waals surface area (Å²) in [6.07, 6.45) is 4.07. The molecule has 180 valence electrons. The van der Waals surface area contributed by atoms with E-state index in [-0.39, 0.29) is 18.0 Å². The maximum atomic E-state index is 12.4. The lowest BCUT2D eigenvalue weighted by Gasteiger charge is -2.14. The van der Waals surface area contributed by atoms with Crippen molar-refractivity contribution >= 4 is 37.3 Å². The van der Waals surface area contributed by atoms with E-state index in [1.165, 1.54) is 48.0 Å². The van der Waals surface area contributed by atoms with E-state index in [1.807, 2.05) is 0 Å². The van der Waals surface area contributed by atoms with Gasteiger partial charge in [0.2, 0.25) is 10.0 Å². The van der Waals surface area contributed by atoms with Gasteiger partial charge in [-0.05, 0) is 54.1 Å². The number of carbonyl (C=O) groups excluding carboxylic acids is 1. The number of amides is 1. The normalized spacial score (nSPS) is 11.7. The highest BCUT2D eigenvalue weighted by atomic mass is 32.2. The quantitative estimate of drug-likeness (QED) is 0.432. The van der Waals surface area contributed by atoms with Crippen molar-refractivity contribution in [3.63, 3.8) is 0 Å². The zero-order chi connectivity index (χ0) is 24.8. The molecule has 3 rings (SSSR count). The lowest BCUT2D eigenvalue weighted by atomic mass is 10.2. The van der Waals surface area contributed by atoms with Crippen LogP contribution < -0.4 is 14.8 Å². The van der Waals surface area contributed by atoms with Crippen molar-refractivity contribution in [1.29, 1.82) is 0 Å². The molecule has 2 aromatic carbocycles. The van der Waals surface area contributed by atoms with Gasteiger partial charge in [-0.15, -0.1) is 0 Å². The molecule has 0 aliphatic heterocycles. The number of hydrogen-bond acceptors (Lipinski definition) is 7. The molecule has 1 aromatic heterocycles. The minimum atomic E-state index is -3.79. The number of pyridine rings is 1. The third-order valence-corrected chi connectivity index (χ3v) is 7.29. The van der Waals surface area contributed by atoms with Crippen LogP contribution in [0, 0.1) is 0 Å². The molecular weight excluding hydrogens is 480 g/mol. The molecular formula is C22H24N4O6S2. The van der Waals surface area contributed by atoms with Crippen molar-refractivity contribution in [2.75, 3.05) is 29.9 Å². The zero-order valence-corrected chi connectivity index (χ0v) is 20.1. The summed E-state index contributed by atoms with van der Waals surface area (Å²) >= 11 is 0. The van der Waals surface area contributed by atoms with Crippen molar-refractivity contribution < 1.29 is 26.4 Å². The smallest absolute Gasteiger partial charge is 0.262 e. The fourth-order valence-electron chi connectivity index (χ4n) is 2.77. The van der Waals surface area contributed by atoms with E-state index in [0.29, 0.717) is 17.1 Å². The Hall–Kier alpha value is -3.48. The van der Waals surface area contributed by atoms with Crippen LogP contribution in [0.5, 0.6) is 5.75 Å². The molecule has 0 fully saturated rings. The van der Waals surface area contributed by atoms with Gasteiger partial charge >= 0.3 is 0 Å². The van der Waals surface area contributed by atoms with Gasteiger partial charge in [-0.3, -0.25) is 14.5 Å². The molecule has 10 nitrogen and oxygen atoms in total. The monoisotopic (exact) mass is 504 g/mol. The molecule has 3 aromatic rings. The van der Waals surface area contributed by atoms with Gasteiger partial charge in [0.1, 0.15) is 5.75 Å². The maximum absolute atomic E-state index is 12.4. The van der Waals surface area contributed by atoms with Crippen LogP contribution in [0.2, 0.25) is 0 Å². The largest absolute Gasteiger partial charge is 0.484 e. The SMILES string of the molecule is CN(Cc1ccc(OCC(=O)Nc2ccc(S(=O)(=O)Nc3cccnc3)cc2)cc1)S(C)(=O)=O. The van der Waals surface area contributed by atoms with Crippen LogP contribution in [0.1, 0.15) is 5.56 Å². The molecule has 1 heterocycles. The highest BCUT2D eigenvalue weighted by Gasteiger charge is 2.15. The van der Waals surface area contributed by atoms with Crippen LogP contribution in [0.4, 0.5) is 11.4 Å². The Morgan fingerprint density at radius 1 is 0.971 bits per heavy atom. The topological polar surface area (TPSA) is 135 Å². The van der Waals surface area contributed by atoms with Gasteiger partial charge in [-0.2, -0.15) is 0 Å². The number of aromatic nitrogens is 1. The van der Waals surface area contributed by atoms with E-state index >= 15 is 0 Å². The van der Waals surface area contributed by atoms with Gasteiger partial charge in [-0.25, -0.2) is 21.1 Å². The summed E-state index contributed by atoms with van der Waals surface area (Å²) in [6.45, 7) is -0.0335. The Balaban J connectivity index is 1.51. The minimum Gasteiger partial charge on any atom is -0.484 e. The second-order valence-corrected chi connectivity index (χ2v) is 11.1. The number of sulfonamides is 2. The Bertz CT molecular complexity index is 1330. The van der Waals surface area contributed by atoms with Gasteiger partial charge in [0.05, 0.1) is 23.0 Å². The fraction of sp³-hybridized carbons (Fsp3) is 0.182. The average molecular weight is 505 g/mol. The van der Waals surface area contributed by atoms with Crippen molar-refractivity contribution in [3.8, 4) is 5.75 Å². The summed E-state index contributed by atoms with van der Waals surface area (Å²) in [5.74, 6) is 0.0220. The molecule has 0 aliphatic carbocycles. The minimum absolute atomic E-state index is 0.0345. The number of nitrogens with zero attached hydrogens (tertiary/aromatic N) is 2. The van der Waals surface area contributed by atoms with Crippen molar-refractivity contribution in [1.82, 2.24) is 9.29 Å². The van der Waals surface area contributed by atoms with Gasteiger partial charge in [0.15, 0.2) is 6.61 Å². The number of nitrogens with one attached hydrogen (secondary N) is 2. The van der Waals surface area contributed by atoms with Gasteiger partial charge in [0.25, 0.3) is 15.9 Å². The van der Waals surface area contributed by atoms with Crippen LogP contribution >= 0.6 is 0 Å². The van der Waals surface area contributed by atoms with Crippen LogP contribution in [-0.2, 0) is 31.4 Å². The van der Waals surface area contributed by atoms with E-state index in [1.54, 1.807) is 36.4 Å². The van der Waals surface area contributed by atoms with Crippen LogP contribution in [0.3, 0.4) is 0 Å². The highest BCUT2D eigenvalue weighted by molar-refractivity contribution is 7.92. The summed E-state index contributed by atoms with van der Waals surface area (Å²) in [4.78, 5) is 16.1. The lowest BCUT2D eigenvalue weighted by Crippen LogP contribution is -2.24. The van der Waals surface area contributed by atoms with Gasteiger partial charge in [0, 0.05) is 25.5 Å². The molecule has 0 bridgehead atoms. The van der Waals surface area contributed by atoms with E-state index in [2.05, 4.69) is 15.0 Å². The second-order valence-electron chi connectivity index (χ2n) is 7.37. The molecule has 1 amide bonds. The molecule has 0 saturated heterocycles. The number of rotatable bonds is 10. The second kappa shape index (κ2) is 10.6. The first-order valence-corrected chi connectivity index (χ1v) is 13.3. The van der Waals surface area contributed by atoms with Gasteiger partial charge in [-0.1, -0.05) is 12.1 Å². The molecule has 2 N–H and O–H groups in total. The summed E-state index contributed by atoms with van der Waals surface area (Å²) in [5.41, 5.74) is 1.53. The average Bonchev–Trinajstić information content (AvgIpc) is 2.79. The van der Waals surface area contributed by atoms with E-state index in [0.717, 1.165) is 11.8 Å². The summed E-state index contributed by atoms with van der Waals surface area (Å²) in [5, 5.41) is 2.63. The zero-order valence-electron chi connectivity index (χ0n) is 18.5. The van der Waals surface area contributed by atoms with Crippen LogP contribution in [0.15, 0.2) is 78.0 Å². The third-order valence-electron chi connectivity index (χ3n) is 4.63. The number of anilines is 2. The number of ether oxygens (including phenoxy) is 1. The Morgan fingerprint density at radius 3 is 2.24 bits per heavy atom. The standard InChI is InChI=1S/C22H24N4O6S2/c1-26(33(2,28)29)15-17-5-9-20(10-6-17)32-16-22(27)24-18-7-11-21(12-8-18)34(30,31)25-19-4-3-13-23-14-19/h3-14,25H,15-16H2,1-2H3,(H,24,27). The Labute approximate surface area is 198 Å². The molecule has 0 unspecified atom stereocenters. The Morgan fingerprint density at radius 2 is 1.65 bits per heavy atom. The highest BCUT2D eigenvalue weighted by Crippen LogP contribution is 2.18. The van der Waals surface area contributed by atoms with Crippen LogP contribution in [0.25, 0.3) is 0 Å². The fourth-order valence-corrected chi connectivity index (χ4v) is 4.19. The predicted molar refractivity (Wildman–Crippen MR) is 128 cm³/mol. The molecule has 34 heavy (non-hydrogen) atoms. The molecule has 12 heteroatoms. The Kier molecular flexibility index (Phi) is 7.87. The van der Waals surface area contributed by atoms with Crippen molar-refractivity contribution in [2.45, 2.75) is 11.4 Å². The third kappa shape index (κ3) is 7.27. The predicted octanol–water partition coefficient (Wildman–Crippen LogP) is 2.29. The first kappa shape index (κ1) is 25.1. The molecule has 0 aliphatic rings. The molecule has 0 saturated carbocycles. The first-order chi connectivity index (χ1) is 16.0. The van der Waals surface area contributed by atoms with E-state index < -0.39 is 26.0 Å². The number of hydrogen-bond donors (Lipinski definition) is 2. The molecule has 0 radical (unpaired) electrons. The summed E-state index contributed by atoms with van der Waals surface area (Å²) in [6, 6.07) is 15.6. The first-order valence-electron chi connectivity index (χ1n) is 9.99. The van der Waals surface area contributed by atoms with Crippen LogP contribution in [-0.4, -0.2) is 51.9 Å². The maximum Gasteiger partial charge on any atom is 0.262 e. The molecule has 0 spiro atoms. The van der Waals surface area contributed by atoms with E-state index in [9.17, 15) is 21.6 Å². The number of carbonyl (C=O) groups is 1. The summed E-state index contributed by atoms with van der Waals surface area (Å²) < 4.78 is 57.0. The van der Waals surface area contributed by atoms with Gasteiger partial charge < -0.3 is 10.1 Å². The lowest BCUT2D eigenvalue weighted by molar-refractivity contribution is -0.118.